The van der Waals surface area contributed by atoms with Crippen LogP contribution in [-0.4, -0.2) is 42.6 Å². The quantitative estimate of drug-likeness (QED) is 0.921. The Morgan fingerprint density at radius 3 is 2.50 bits per heavy atom. The van der Waals surface area contributed by atoms with Crippen LogP contribution in [0.25, 0.3) is 0 Å². The fourth-order valence-electron chi connectivity index (χ4n) is 1.34. The van der Waals surface area contributed by atoms with Gasteiger partial charge in [0.15, 0.2) is 6.61 Å². The number of aryl methyl sites for hydroxylation is 1. The van der Waals surface area contributed by atoms with Gasteiger partial charge in [0.25, 0.3) is 5.91 Å². The highest BCUT2D eigenvalue weighted by Crippen LogP contribution is 2.28. The number of rotatable bonds is 4. The number of carboxylic acid groups (broad SMARTS) is 1. The molecule has 1 amide bonds. The molecule has 0 spiro atoms. The average molecular weight is 316 g/mol. The van der Waals surface area contributed by atoms with Crippen LogP contribution in [0.3, 0.4) is 0 Å². The first-order valence-corrected chi connectivity index (χ1v) is 5.98. The lowest BCUT2D eigenvalue weighted by Crippen LogP contribution is -2.28. The Bertz CT molecular complexity index is 485. The van der Waals surface area contributed by atoms with E-state index in [-0.39, 0.29) is 23.8 Å². The molecule has 0 fully saturated rings. The smallest absolute Gasteiger partial charge is 0.339 e. The summed E-state index contributed by atoms with van der Waals surface area (Å²) < 4.78 is 5.97. The molecule has 0 atom stereocenters. The molecular formula is C12H14BrNO4. The second-order valence-corrected chi connectivity index (χ2v) is 4.90. The monoisotopic (exact) mass is 315 g/mol. The summed E-state index contributed by atoms with van der Waals surface area (Å²) in [4.78, 5) is 23.9. The normalized spacial score (nSPS) is 10.0. The van der Waals surface area contributed by atoms with Crippen molar-refractivity contribution in [3.05, 3.63) is 27.7 Å². The van der Waals surface area contributed by atoms with Gasteiger partial charge >= 0.3 is 5.97 Å². The standard InChI is InChI=1S/C12H14BrNO4/c1-7-4-8(13)5-9(12(16)17)11(7)18-6-10(15)14(2)3/h4-5H,6H2,1-3H3,(H,16,17). The first kappa shape index (κ1) is 14.5. The van der Waals surface area contributed by atoms with E-state index in [9.17, 15) is 9.59 Å². The molecule has 0 heterocycles. The van der Waals surface area contributed by atoms with Gasteiger partial charge < -0.3 is 14.7 Å². The van der Waals surface area contributed by atoms with Gasteiger partial charge in [-0.3, -0.25) is 4.79 Å². The van der Waals surface area contributed by atoms with Crippen LogP contribution in [-0.2, 0) is 4.79 Å². The van der Waals surface area contributed by atoms with E-state index in [0.717, 1.165) is 0 Å². The third-order valence-electron chi connectivity index (χ3n) is 2.31. The summed E-state index contributed by atoms with van der Waals surface area (Å²) in [6.45, 7) is 1.54. The number of aromatic carboxylic acids is 1. The van der Waals surface area contributed by atoms with Crippen LogP contribution in [0.5, 0.6) is 5.75 Å². The summed E-state index contributed by atoms with van der Waals surface area (Å²) in [7, 11) is 3.22. The molecule has 1 aromatic carbocycles. The molecule has 1 N–H and O–H groups in total. The highest BCUT2D eigenvalue weighted by molar-refractivity contribution is 9.10. The predicted molar refractivity (Wildman–Crippen MR) is 70.0 cm³/mol. The maximum absolute atomic E-state index is 11.4. The van der Waals surface area contributed by atoms with Gasteiger partial charge in [-0.15, -0.1) is 0 Å². The van der Waals surface area contributed by atoms with Crippen LogP contribution in [0, 0.1) is 6.92 Å². The molecule has 5 nitrogen and oxygen atoms in total. The summed E-state index contributed by atoms with van der Waals surface area (Å²) in [5.74, 6) is -1.10. The molecule has 1 rings (SSSR count). The molecule has 0 saturated carbocycles. The van der Waals surface area contributed by atoms with E-state index < -0.39 is 5.97 Å². The minimum atomic E-state index is -1.09. The van der Waals surface area contributed by atoms with Crippen molar-refractivity contribution in [1.29, 1.82) is 0 Å². The lowest BCUT2D eigenvalue weighted by atomic mass is 10.1. The Balaban J connectivity index is 3.01. The zero-order chi connectivity index (χ0) is 13.9. The summed E-state index contributed by atoms with van der Waals surface area (Å²) in [5.41, 5.74) is 0.696. The molecule has 0 saturated heterocycles. The van der Waals surface area contributed by atoms with Crippen molar-refractivity contribution in [2.45, 2.75) is 6.92 Å². The van der Waals surface area contributed by atoms with Crippen LogP contribution in [0.1, 0.15) is 15.9 Å². The number of halogens is 1. The Morgan fingerprint density at radius 2 is 2.00 bits per heavy atom. The van der Waals surface area contributed by atoms with Crippen molar-refractivity contribution in [3.63, 3.8) is 0 Å². The van der Waals surface area contributed by atoms with Crippen molar-refractivity contribution < 1.29 is 19.4 Å². The van der Waals surface area contributed by atoms with E-state index in [1.54, 1.807) is 27.1 Å². The Labute approximate surface area is 113 Å². The van der Waals surface area contributed by atoms with Crippen molar-refractivity contribution in [1.82, 2.24) is 4.90 Å². The minimum absolute atomic E-state index is 0.0356. The van der Waals surface area contributed by atoms with E-state index in [1.165, 1.54) is 11.0 Å². The Kier molecular flexibility index (Phi) is 4.72. The molecule has 0 bridgehead atoms. The highest BCUT2D eigenvalue weighted by Gasteiger charge is 2.16. The number of hydrogen-bond acceptors (Lipinski definition) is 3. The lowest BCUT2D eigenvalue weighted by Gasteiger charge is -2.14. The summed E-state index contributed by atoms with van der Waals surface area (Å²) in [6.07, 6.45) is 0. The second-order valence-electron chi connectivity index (χ2n) is 3.98. The van der Waals surface area contributed by atoms with Gasteiger partial charge in [0, 0.05) is 18.6 Å². The van der Waals surface area contributed by atoms with Gasteiger partial charge in [0.05, 0.1) is 0 Å². The molecule has 0 aliphatic rings. The van der Waals surface area contributed by atoms with Gasteiger partial charge in [0.2, 0.25) is 0 Å². The largest absolute Gasteiger partial charge is 0.483 e. The highest BCUT2D eigenvalue weighted by atomic mass is 79.9. The van der Waals surface area contributed by atoms with Gasteiger partial charge in [-0.05, 0) is 24.6 Å². The third-order valence-corrected chi connectivity index (χ3v) is 2.77. The first-order chi connectivity index (χ1) is 8.32. The van der Waals surface area contributed by atoms with Crippen molar-refractivity contribution >= 4 is 27.8 Å². The zero-order valence-corrected chi connectivity index (χ0v) is 11.9. The molecule has 0 aliphatic carbocycles. The summed E-state index contributed by atoms with van der Waals surface area (Å²) in [5, 5.41) is 9.09. The Morgan fingerprint density at radius 1 is 1.39 bits per heavy atom. The summed E-state index contributed by atoms with van der Waals surface area (Å²) >= 11 is 3.22. The van der Waals surface area contributed by atoms with Crippen molar-refractivity contribution in [2.24, 2.45) is 0 Å². The predicted octanol–water partition coefficient (Wildman–Crippen LogP) is 1.92. The maximum atomic E-state index is 11.4. The maximum Gasteiger partial charge on any atom is 0.339 e. The fraction of sp³-hybridized carbons (Fsp3) is 0.333. The van der Waals surface area contributed by atoms with E-state index in [4.69, 9.17) is 9.84 Å². The van der Waals surface area contributed by atoms with Crippen molar-refractivity contribution in [3.8, 4) is 5.75 Å². The molecule has 18 heavy (non-hydrogen) atoms. The molecule has 0 radical (unpaired) electrons. The Hall–Kier alpha value is -1.56. The molecule has 0 unspecified atom stereocenters. The van der Waals surface area contributed by atoms with E-state index >= 15 is 0 Å². The number of carbonyl (C=O) groups excluding carboxylic acids is 1. The van der Waals surface area contributed by atoms with E-state index in [1.807, 2.05) is 0 Å². The van der Waals surface area contributed by atoms with Gasteiger partial charge in [-0.1, -0.05) is 15.9 Å². The molecule has 98 valence electrons. The topological polar surface area (TPSA) is 66.8 Å². The lowest BCUT2D eigenvalue weighted by molar-refractivity contribution is -0.130. The average Bonchev–Trinajstić information content (AvgIpc) is 2.26. The second kappa shape index (κ2) is 5.86. The molecule has 0 aromatic heterocycles. The van der Waals surface area contributed by atoms with Crippen LogP contribution in [0.2, 0.25) is 0 Å². The number of likely N-dealkylation sites (N-methyl/N-ethyl adjacent to an activating group) is 1. The first-order valence-electron chi connectivity index (χ1n) is 5.19. The number of carbonyl (C=O) groups is 2. The van der Waals surface area contributed by atoms with Crippen LogP contribution >= 0.6 is 15.9 Å². The van der Waals surface area contributed by atoms with Crippen molar-refractivity contribution in [2.75, 3.05) is 20.7 Å². The molecule has 0 aliphatic heterocycles. The number of nitrogens with zero attached hydrogens (tertiary/aromatic N) is 1. The molecular weight excluding hydrogens is 302 g/mol. The van der Waals surface area contributed by atoms with Gasteiger partial charge in [0.1, 0.15) is 11.3 Å². The van der Waals surface area contributed by atoms with Crippen LogP contribution < -0.4 is 4.74 Å². The van der Waals surface area contributed by atoms with E-state index in [0.29, 0.717) is 10.0 Å². The molecule has 1 aromatic rings. The van der Waals surface area contributed by atoms with Gasteiger partial charge in [-0.2, -0.15) is 0 Å². The van der Waals surface area contributed by atoms with Gasteiger partial charge in [-0.25, -0.2) is 4.79 Å². The van der Waals surface area contributed by atoms with E-state index in [2.05, 4.69) is 15.9 Å². The number of benzene rings is 1. The molecule has 6 heteroatoms. The number of hydrogen-bond donors (Lipinski definition) is 1. The van der Waals surface area contributed by atoms with Crippen LogP contribution in [0.4, 0.5) is 0 Å². The summed E-state index contributed by atoms with van der Waals surface area (Å²) in [6, 6.07) is 3.19. The SMILES string of the molecule is Cc1cc(Br)cc(C(=O)O)c1OCC(=O)N(C)C. The van der Waals surface area contributed by atoms with Crippen LogP contribution in [0.15, 0.2) is 16.6 Å². The fourth-order valence-corrected chi connectivity index (χ4v) is 1.92. The number of ether oxygens (including phenoxy) is 1. The number of carboxylic acids is 1. The third kappa shape index (κ3) is 3.46. The minimum Gasteiger partial charge on any atom is -0.483 e. The number of amides is 1. The zero-order valence-electron chi connectivity index (χ0n) is 10.4.